The molecular formula is C13H21N3O4. The summed E-state index contributed by atoms with van der Waals surface area (Å²) in [6.07, 6.45) is 2.24. The van der Waals surface area contributed by atoms with Crippen molar-refractivity contribution in [2.24, 2.45) is 0 Å². The van der Waals surface area contributed by atoms with E-state index in [-0.39, 0.29) is 11.8 Å². The van der Waals surface area contributed by atoms with Crippen LogP contribution in [-0.4, -0.2) is 54.6 Å². The fourth-order valence-corrected chi connectivity index (χ4v) is 2.58. The lowest BCUT2D eigenvalue weighted by molar-refractivity contribution is -0.136. The zero-order valence-electron chi connectivity index (χ0n) is 11.7. The summed E-state index contributed by atoms with van der Waals surface area (Å²) in [6, 6.07) is -0.442. The summed E-state index contributed by atoms with van der Waals surface area (Å²) in [5, 5.41) is 4.93. The highest BCUT2D eigenvalue weighted by molar-refractivity contribution is 6.07. The molecule has 7 nitrogen and oxygen atoms in total. The Morgan fingerprint density at radius 2 is 2.00 bits per heavy atom. The Hall–Kier alpha value is -1.63. The topological polar surface area (TPSA) is 87.7 Å². The molecule has 2 saturated heterocycles. The SMILES string of the molecule is CCCOCCC(=O)N1CCC2(CC1)NC(=O)NC2=O. The van der Waals surface area contributed by atoms with Gasteiger partial charge in [0.1, 0.15) is 5.54 Å². The Labute approximate surface area is 118 Å². The molecule has 20 heavy (non-hydrogen) atoms. The molecule has 112 valence electrons. The summed E-state index contributed by atoms with van der Waals surface area (Å²) in [6.45, 7) is 4.10. The van der Waals surface area contributed by atoms with Gasteiger partial charge in [-0.1, -0.05) is 6.92 Å². The largest absolute Gasteiger partial charge is 0.381 e. The van der Waals surface area contributed by atoms with Crippen molar-refractivity contribution in [2.75, 3.05) is 26.3 Å². The van der Waals surface area contributed by atoms with Crippen LogP contribution in [0.5, 0.6) is 0 Å². The van der Waals surface area contributed by atoms with Crippen molar-refractivity contribution in [1.29, 1.82) is 0 Å². The van der Waals surface area contributed by atoms with Crippen LogP contribution in [0.15, 0.2) is 0 Å². The van der Waals surface area contributed by atoms with Crippen LogP contribution in [0.3, 0.4) is 0 Å². The van der Waals surface area contributed by atoms with Gasteiger partial charge in [0, 0.05) is 19.7 Å². The maximum absolute atomic E-state index is 12.0. The average Bonchev–Trinajstić information content (AvgIpc) is 2.70. The quantitative estimate of drug-likeness (QED) is 0.549. The number of urea groups is 1. The Kier molecular flexibility index (Phi) is 4.59. The number of imide groups is 1. The summed E-state index contributed by atoms with van der Waals surface area (Å²) >= 11 is 0. The molecule has 2 aliphatic rings. The Balaban J connectivity index is 1.78. The third kappa shape index (κ3) is 3.09. The van der Waals surface area contributed by atoms with E-state index in [1.807, 2.05) is 6.92 Å². The van der Waals surface area contributed by atoms with E-state index in [0.29, 0.717) is 45.6 Å². The molecule has 0 aliphatic carbocycles. The van der Waals surface area contributed by atoms with E-state index in [0.717, 1.165) is 6.42 Å². The first-order chi connectivity index (χ1) is 9.57. The number of amides is 4. The first-order valence-corrected chi connectivity index (χ1v) is 7.06. The molecule has 0 unspecified atom stereocenters. The van der Waals surface area contributed by atoms with Crippen LogP contribution in [0.4, 0.5) is 4.79 Å². The van der Waals surface area contributed by atoms with Crippen molar-refractivity contribution in [3.8, 4) is 0 Å². The monoisotopic (exact) mass is 283 g/mol. The zero-order valence-corrected chi connectivity index (χ0v) is 11.7. The third-order valence-electron chi connectivity index (χ3n) is 3.79. The Bertz CT molecular complexity index is 402. The molecule has 0 aromatic rings. The minimum absolute atomic E-state index is 0.0423. The normalized spacial score (nSPS) is 20.9. The van der Waals surface area contributed by atoms with Crippen LogP contribution >= 0.6 is 0 Å². The molecule has 0 aromatic carbocycles. The molecule has 2 heterocycles. The zero-order chi connectivity index (χ0) is 14.6. The summed E-state index contributed by atoms with van der Waals surface area (Å²) < 4.78 is 5.30. The number of hydrogen-bond acceptors (Lipinski definition) is 4. The van der Waals surface area contributed by atoms with Gasteiger partial charge < -0.3 is 15.0 Å². The van der Waals surface area contributed by atoms with Gasteiger partial charge in [0.05, 0.1) is 13.0 Å². The number of piperidine rings is 1. The van der Waals surface area contributed by atoms with Crippen molar-refractivity contribution >= 4 is 17.8 Å². The summed E-state index contributed by atoms with van der Waals surface area (Å²) in [7, 11) is 0. The van der Waals surface area contributed by atoms with Gasteiger partial charge in [-0.2, -0.15) is 0 Å². The van der Waals surface area contributed by atoms with Crippen LogP contribution in [0, 0.1) is 0 Å². The van der Waals surface area contributed by atoms with Crippen molar-refractivity contribution < 1.29 is 19.1 Å². The molecule has 0 aromatic heterocycles. The number of rotatable bonds is 5. The van der Waals surface area contributed by atoms with Crippen LogP contribution < -0.4 is 10.6 Å². The first-order valence-electron chi connectivity index (χ1n) is 7.06. The number of likely N-dealkylation sites (tertiary alicyclic amines) is 1. The van der Waals surface area contributed by atoms with E-state index < -0.39 is 11.6 Å². The highest BCUT2D eigenvalue weighted by Crippen LogP contribution is 2.25. The van der Waals surface area contributed by atoms with Crippen LogP contribution in [0.25, 0.3) is 0 Å². The predicted molar refractivity (Wildman–Crippen MR) is 70.9 cm³/mol. The molecule has 0 saturated carbocycles. The molecule has 2 N–H and O–H groups in total. The third-order valence-corrected chi connectivity index (χ3v) is 3.79. The number of carbonyl (C=O) groups excluding carboxylic acids is 3. The molecule has 0 bridgehead atoms. The van der Waals surface area contributed by atoms with Gasteiger partial charge >= 0.3 is 6.03 Å². The maximum atomic E-state index is 12.0. The number of ether oxygens (including phenoxy) is 1. The second-order valence-corrected chi connectivity index (χ2v) is 5.23. The van der Waals surface area contributed by atoms with Gasteiger partial charge in [0.25, 0.3) is 5.91 Å². The lowest BCUT2D eigenvalue weighted by Gasteiger charge is -2.37. The molecule has 1 spiro atoms. The van der Waals surface area contributed by atoms with Gasteiger partial charge in [-0.15, -0.1) is 0 Å². The van der Waals surface area contributed by atoms with E-state index in [1.54, 1.807) is 4.90 Å². The van der Waals surface area contributed by atoms with E-state index in [4.69, 9.17) is 4.74 Å². The number of nitrogens with zero attached hydrogens (tertiary/aromatic N) is 1. The fraction of sp³-hybridized carbons (Fsp3) is 0.769. The predicted octanol–water partition coefficient (Wildman–Crippen LogP) is 0.00370. The number of carbonyl (C=O) groups is 3. The highest BCUT2D eigenvalue weighted by atomic mass is 16.5. The Morgan fingerprint density at radius 3 is 2.55 bits per heavy atom. The van der Waals surface area contributed by atoms with Crippen molar-refractivity contribution in [2.45, 2.75) is 38.1 Å². The van der Waals surface area contributed by atoms with Crippen molar-refractivity contribution in [3.05, 3.63) is 0 Å². The fourth-order valence-electron chi connectivity index (χ4n) is 2.58. The molecule has 0 radical (unpaired) electrons. The lowest BCUT2D eigenvalue weighted by Crippen LogP contribution is -2.55. The van der Waals surface area contributed by atoms with E-state index in [1.165, 1.54) is 0 Å². The smallest absolute Gasteiger partial charge is 0.322 e. The highest BCUT2D eigenvalue weighted by Gasteiger charge is 2.48. The summed E-state index contributed by atoms with van der Waals surface area (Å²) in [5.74, 6) is -0.235. The maximum Gasteiger partial charge on any atom is 0.322 e. The molecule has 7 heteroatoms. The number of hydrogen-bond donors (Lipinski definition) is 2. The van der Waals surface area contributed by atoms with Gasteiger partial charge in [0.15, 0.2) is 0 Å². The summed E-state index contributed by atoms with van der Waals surface area (Å²) in [4.78, 5) is 36.7. The molecule has 2 fully saturated rings. The van der Waals surface area contributed by atoms with Crippen molar-refractivity contribution in [3.63, 3.8) is 0 Å². The minimum Gasteiger partial charge on any atom is -0.381 e. The standard InChI is InChI=1S/C13H21N3O4/c1-2-8-20-9-3-10(17)16-6-4-13(5-7-16)11(18)14-12(19)15-13/h2-9H2,1H3,(H2,14,15,18,19). The first kappa shape index (κ1) is 14.8. The minimum atomic E-state index is -0.813. The molecule has 4 amide bonds. The van der Waals surface area contributed by atoms with Crippen molar-refractivity contribution in [1.82, 2.24) is 15.5 Å². The molecular weight excluding hydrogens is 262 g/mol. The average molecular weight is 283 g/mol. The van der Waals surface area contributed by atoms with Crippen LogP contribution in [0.2, 0.25) is 0 Å². The molecule has 2 rings (SSSR count). The van der Waals surface area contributed by atoms with E-state index in [2.05, 4.69) is 10.6 Å². The second-order valence-electron chi connectivity index (χ2n) is 5.23. The Morgan fingerprint density at radius 1 is 1.30 bits per heavy atom. The number of nitrogens with one attached hydrogen (secondary N) is 2. The molecule has 2 aliphatic heterocycles. The van der Waals surface area contributed by atoms with Gasteiger partial charge in [-0.25, -0.2) is 4.79 Å². The second kappa shape index (κ2) is 6.21. The van der Waals surface area contributed by atoms with Gasteiger partial charge in [0.2, 0.25) is 5.91 Å². The molecule has 0 atom stereocenters. The van der Waals surface area contributed by atoms with Gasteiger partial charge in [-0.05, 0) is 19.3 Å². The van der Waals surface area contributed by atoms with Crippen LogP contribution in [0.1, 0.15) is 32.6 Å². The summed E-state index contributed by atoms with van der Waals surface area (Å²) in [5.41, 5.74) is -0.813. The van der Waals surface area contributed by atoms with Crippen LogP contribution in [-0.2, 0) is 14.3 Å². The lowest BCUT2D eigenvalue weighted by atomic mass is 9.87. The van der Waals surface area contributed by atoms with Gasteiger partial charge in [-0.3, -0.25) is 14.9 Å². The van der Waals surface area contributed by atoms with E-state index >= 15 is 0 Å². The van der Waals surface area contributed by atoms with E-state index in [9.17, 15) is 14.4 Å².